The minimum Gasteiger partial charge on any atom is -0.382 e. The molecule has 2 heteroatoms. The van der Waals surface area contributed by atoms with Crippen LogP contribution in [0.4, 0.5) is 0 Å². The van der Waals surface area contributed by atoms with E-state index in [1.165, 1.54) is 12.2 Å². The highest BCUT2D eigenvalue weighted by molar-refractivity contribution is 5.65. The second-order valence-electron chi connectivity index (χ2n) is 2.53. The highest BCUT2D eigenvalue weighted by atomic mass is 16.3. The van der Waals surface area contributed by atoms with Gasteiger partial charge in [0.15, 0.2) is 0 Å². The summed E-state index contributed by atoms with van der Waals surface area (Å²) in [5.41, 5.74) is -0.989. The Morgan fingerprint density at radius 2 is 2.09 bits per heavy atom. The van der Waals surface area contributed by atoms with Gasteiger partial charge >= 0.3 is 0 Å². The quantitative estimate of drug-likeness (QED) is 0.378. The molecule has 0 spiro atoms. The fraction of sp³-hybridized carbons (Fsp3) is 0.444. The summed E-state index contributed by atoms with van der Waals surface area (Å²) in [7, 11) is 0. The van der Waals surface area contributed by atoms with Crippen LogP contribution in [0.5, 0.6) is 0 Å². The summed E-state index contributed by atoms with van der Waals surface area (Å²) in [5, 5.41) is 9.44. The fourth-order valence-electron chi connectivity index (χ4n) is 0.646. The van der Waals surface area contributed by atoms with Crippen LogP contribution in [0.3, 0.4) is 0 Å². The van der Waals surface area contributed by atoms with Crippen LogP contribution in [0.1, 0.15) is 20.3 Å². The average Bonchev–Trinajstić information content (AvgIpc) is 1.97. The van der Waals surface area contributed by atoms with Crippen LogP contribution in [0.2, 0.25) is 0 Å². The molecule has 0 saturated carbocycles. The van der Waals surface area contributed by atoms with Crippen LogP contribution >= 0.6 is 0 Å². The van der Waals surface area contributed by atoms with E-state index in [2.05, 4.69) is 0 Å². The van der Waals surface area contributed by atoms with Crippen molar-refractivity contribution < 1.29 is 9.90 Å². The van der Waals surface area contributed by atoms with Gasteiger partial charge in [-0.2, -0.15) is 0 Å². The molecule has 1 N–H and O–H groups in total. The lowest BCUT2D eigenvalue weighted by Crippen LogP contribution is -2.16. The number of hydrogen-bond donors (Lipinski definition) is 1. The molecule has 2 nitrogen and oxygen atoms in total. The van der Waals surface area contributed by atoms with E-state index < -0.39 is 5.60 Å². The lowest BCUT2D eigenvalue weighted by atomic mass is 10.1. The van der Waals surface area contributed by atoms with E-state index in [4.69, 9.17) is 0 Å². The normalized spacial score (nSPS) is 17.4. The summed E-state index contributed by atoms with van der Waals surface area (Å²) in [6.45, 7) is 3.61. The fourth-order valence-corrected chi connectivity index (χ4v) is 0.646. The Hall–Kier alpha value is -0.890. The molecule has 1 unspecified atom stereocenters. The van der Waals surface area contributed by atoms with Crippen molar-refractivity contribution in [2.45, 2.75) is 25.9 Å². The lowest BCUT2D eigenvalue weighted by Gasteiger charge is -2.11. The molecule has 11 heavy (non-hydrogen) atoms. The largest absolute Gasteiger partial charge is 0.382 e. The van der Waals surface area contributed by atoms with Gasteiger partial charge < -0.3 is 5.11 Å². The molecule has 0 rings (SSSR count). The number of hydrogen-bond acceptors (Lipinski definition) is 2. The summed E-state index contributed by atoms with van der Waals surface area (Å²) in [6.07, 6.45) is 7.79. The Kier molecular flexibility index (Phi) is 4.46. The molecule has 0 radical (unpaired) electrons. The van der Waals surface area contributed by atoms with Gasteiger partial charge in [0.25, 0.3) is 0 Å². The van der Waals surface area contributed by atoms with E-state index in [1.54, 1.807) is 13.0 Å². The van der Waals surface area contributed by atoms with E-state index in [1.807, 2.05) is 13.0 Å². The first-order valence-corrected chi connectivity index (χ1v) is 3.65. The van der Waals surface area contributed by atoms with Gasteiger partial charge in [-0.15, -0.1) is 0 Å². The minimum absolute atomic E-state index is 0.647. The smallest absolute Gasteiger partial charge is 0.142 e. The third-order valence-corrected chi connectivity index (χ3v) is 1.20. The molecular formula is C9H14O2. The first kappa shape index (κ1) is 10.1. The Morgan fingerprint density at radius 3 is 2.55 bits per heavy atom. The standard InChI is InChI=1S/C9H14O2/c1-3-4-6-9(2,11)7-5-8-10/h4-8,11H,3H2,1-2H3/b6-4-,7-5-. The van der Waals surface area contributed by atoms with E-state index in [0.717, 1.165) is 6.42 Å². The van der Waals surface area contributed by atoms with Gasteiger partial charge in [-0.3, -0.25) is 4.79 Å². The molecule has 0 saturated heterocycles. The van der Waals surface area contributed by atoms with Gasteiger partial charge in [0.2, 0.25) is 0 Å². The first-order chi connectivity index (χ1) is 5.12. The van der Waals surface area contributed by atoms with Crippen molar-refractivity contribution in [3.05, 3.63) is 24.3 Å². The van der Waals surface area contributed by atoms with Crippen molar-refractivity contribution in [2.75, 3.05) is 0 Å². The first-order valence-electron chi connectivity index (χ1n) is 3.65. The van der Waals surface area contributed by atoms with Gasteiger partial charge in [0, 0.05) is 0 Å². The number of carbonyl (C=O) groups is 1. The predicted octanol–water partition coefficient (Wildman–Crippen LogP) is 1.46. The molecule has 1 atom stereocenters. The Morgan fingerprint density at radius 1 is 1.45 bits per heavy atom. The molecule has 0 aromatic rings. The maximum Gasteiger partial charge on any atom is 0.142 e. The predicted molar refractivity (Wildman–Crippen MR) is 45.3 cm³/mol. The zero-order valence-electron chi connectivity index (χ0n) is 6.95. The highest BCUT2D eigenvalue weighted by Gasteiger charge is 2.09. The number of carbonyl (C=O) groups excluding carboxylic acids is 1. The van der Waals surface area contributed by atoms with Crippen molar-refractivity contribution in [1.29, 1.82) is 0 Å². The maximum atomic E-state index is 9.90. The van der Waals surface area contributed by atoms with Crippen molar-refractivity contribution in [1.82, 2.24) is 0 Å². The summed E-state index contributed by atoms with van der Waals surface area (Å²) in [4.78, 5) is 9.90. The molecule has 0 aliphatic carbocycles. The Balaban J connectivity index is 4.09. The summed E-state index contributed by atoms with van der Waals surface area (Å²) >= 11 is 0. The molecule has 62 valence electrons. The number of allylic oxidation sites excluding steroid dienone is 2. The molecule has 0 aliphatic rings. The SMILES string of the molecule is CC/C=C\C(C)(O)/C=C\C=O. The second kappa shape index (κ2) is 4.85. The molecule has 0 amide bonds. The molecule has 0 aromatic heterocycles. The highest BCUT2D eigenvalue weighted by Crippen LogP contribution is 2.06. The van der Waals surface area contributed by atoms with E-state index in [0.29, 0.717) is 6.29 Å². The van der Waals surface area contributed by atoms with Crippen LogP contribution in [-0.4, -0.2) is 17.0 Å². The molecule has 0 heterocycles. The van der Waals surface area contributed by atoms with Gasteiger partial charge in [0.05, 0.1) is 5.60 Å². The van der Waals surface area contributed by atoms with Crippen LogP contribution < -0.4 is 0 Å². The van der Waals surface area contributed by atoms with Gasteiger partial charge in [0.1, 0.15) is 6.29 Å². The topological polar surface area (TPSA) is 37.3 Å². The van der Waals surface area contributed by atoms with E-state index in [-0.39, 0.29) is 0 Å². The zero-order valence-corrected chi connectivity index (χ0v) is 6.95. The van der Waals surface area contributed by atoms with Crippen LogP contribution in [0.15, 0.2) is 24.3 Å². The van der Waals surface area contributed by atoms with Gasteiger partial charge in [-0.1, -0.05) is 19.1 Å². The number of rotatable bonds is 4. The number of aliphatic hydroxyl groups is 1. The third kappa shape index (κ3) is 5.55. The monoisotopic (exact) mass is 154 g/mol. The van der Waals surface area contributed by atoms with Gasteiger partial charge in [-0.05, 0) is 25.5 Å². The van der Waals surface area contributed by atoms with Crippen LogP contribution in [0.25, 0.3) is 0 Å². The second-order valence-corrected chi connectivity index (χ2v) is 2.53. The average molecular weight is 154 g/mol. The third-order valence-electron chi connectivity index (χ3n) is 1.20. The summed E-state index contributed by atoms with van der Waals surface area (Å²) in [6, 6.07) is 0. The van der Waals surface area contributed by atoms with Crippen molar-refractivity contribution in [3.63, 3.8) is 0 Å². The van der Waals surface area contributed by atoms with E-state index in [9.17, 15) is 9.90 Å². The van der Waals surface area contributed by atoms with Crippen molar-refractivity contribution in [3.8, 4) is 0 Å². The lowest BCUT2D eigenvalue weighted by molar-refractivity contribution is -0.104. The Bertz CT molecular complexity index is 166. The van der Waals surface area contributed by atoms with Crippen molar-refractivity contribution >= 4 is 6.29 Å². The van der Waals surface area contributed by atoms with Crippen molar-refractivity contribution in [2.24, 2.45) is 0 Å². The zero-order chi connectivity index (χ0) is 8.74. The molecule has 0 aromatic carbocycles. The molecular weight excluding hydrogens is 140 g/mol. The Labute approximate surface area is 67.2 Å². The van der Waals surface area contributed by atoms with E-state index >= 15 is 0 Å². The molecule has 0 aliphatic heterocycles. The van der Waals surface area contributed by atoms with Gasteiger partial charge in [-0.25, -0.2) is 0 Å². The summed E-state index contributed by atoms with van der Waals surface area (Å²) < 4.78 is 0. The van der Waals surface area contributed by atoms with Crippen LogP contribution in [-0.2, 0) is 4.79 Å². The molecule has 0 bridgehead atoms. The van der Waals surface area contributed by atoms with Crippen LogP contribution in [0, 0.1) is 0 Å². The summed E-state index contributed by atoms with van der Waals surface area (Å²) in [5.74, 6) is 0. The molecule has 0 fully saturated rings. The maximum absolute atomic E-state index is 9.90. The minimum atomic E-state index is -0.989. The number of aldehydes is 1.